The second-order valence-corrected chi connectivity index (χ2v) is 3.83. The van der Waals surface area contributed by atoms with Crippen molar-refractivity contribution >= 4 is 33.8 Å². The van der Waals surface area contributed by atoms with Crippen LogP contribution < -0.4 is 0 Å². The quantitative estimate of drug-likeness (QED) is 0.413. The van der Waals surface area contributed by atoms with Gasteiger partial charge in [0.1, 0.15) is 0 Å². The third kappa shape index (κ3) is 6.70. The van der Waals surface area contributed by atoms with Gasteiger partial charge in [-0.15, -0.1) is 16.8 Å². The van der Waals surface area contributed by atoms with Crippen LogP contribution in [-0.2, 0) is 0 Å². The van der Waals surface area contributed by atoms with Crippen LogP contribution in [0.4, 0.5) is 0 Å². The van der Waals surface area contributed by atoms with Crippen molar-refractivity contribution in [1.82, 2.24) is 0 Å². The molecule has 0 atom stereocenters. The number of hydrogen-bond donors (Lipinski definition) is 0. The van der Waals surface area contributed by atoms with Crippen molar-refractivity contribution in [3.63, 3.8) is 0 Å². The van der Waals surface area contributed by atoms with Crippen molar-refractivity contribution in [1.29, 1.82) is 0 Å². The van der Waals surface area contributed by atoms with E-state index in [0.29, 0.717) is 0 Å². The summed E-state index contributed by atoms with van der Waals surface area (Å²) in [6, 6.07) is 17.3. The van der Waals surface area contributed by atoms with Crippen LogP contribution in [-0.4, -0.2) is 23.1 Å². The fourth-order valence-electron chi connectivity index (χ4n) is 1.50. The van der Waals surface area contributed by atoms with Gasteiger partial charge in [-0.1, -0.05) is 44.4 Å². The minimum Gasteiger partial charge on any atom is -0.343 e. The van der Waals surface area contributed by atoms with Gasteiger partial charge < -0.3 is 6.92 Å². The summed E-state index contributed by atoms with van der Waals surface area (Å²) in [6.45, 7) is 5.93. The Hall–Kier alpha value is -0.534. The van der Waals surface area contributed by atoms with Crippen LogP contribution in [0, 0.1) is 13.0 Å². The summed E-state index contributed by atoms with van der Waals surface area (Å²) < 4.78 is 0. The maximum absolute atomic E-state index is 3.72. The van der Waals surface area contributed by atoms with Gasteiger partial charge in [0.15, 0.2) is 0 Å². The molecule has 17 heavy (non-hydrogen) atoms. The van der Waals surface area contributed by atoms with Gasteiger partial charge in [0.2, 0.25) is 0 Å². The molecule has 0 bridgehead atoms. The first-order valence-electron chi connectivity index (χ1n) is 6.02. The molecule has 0 saturated heterocycles. The predicted molar refractivity (Wildman–Crippen MR) is 78.0 cm³/mol. The summed E-state index contributed by atoms with van der Waals surface area (Å²) in [7, 11) is 0. The Morgan fingerprint density at radius 2 is 1.76 bits per heavy atom. The molecule has 0 aromatic heterocycles. The molecule has 0 N–H and O–H groups in total. The van der Waals surface area contributed by atoms with Gasteiger partial charge in [-0.05, 0) is 0 Å². The van der Waals surface area contributed by atoms with Crippen LogP contribution in [0.15, 0.2) is 42.5 Å². The van der Waals surface area contributed by atoms with E-state index < -0.39 is 0 Å². The Morgan fingerprint density at radius 3 is 2.29 bits per heavy atom. The van der Waals surface area contributed by atoms with Crippen molar-refractivity contribution in [3.05, 3.63) is 55.5 Å². The summed E-state index contributed by atoms with van der Waals surface area (Å²) in [4.78, 5) is 0. The molecule has 0 aliphatic heterocycles. The van der Waals surface area contributed by atoms with Crippen LogP contribution in [0.25, 0.3) is 10.8 Å². The van der Waals surface area contributed by atoms with Crippen molar-refractivity contribution in [3.8, 4) is 0 Å². The molecule has 2 rings (SSSR count). The average molecular weight is 237 g/mol. The third-order valence-electron chi connectivity index (χ3n) is 2.45. The number of benzene rings is 2. The van der Waals surface area contributed by atoms with E-state index in [1.807, 2.05) is 24.3 Å². The zero-order valence-electron chi connectivity index (χ0n) is 10.8. The fourth-order valence-corrected chi connectivity index (χ4v) is 1.50. The van der Waals surface area contributed by atoms with Crippen LogP contribution in [0.1, 0.15) is 32.6 Å². The Labute approximate surface area is 122 Å². The zero-order valence-corrected chi connectivity index (χ0v) is 12.2. The SMILES string of the molecule is [CH2-]CCCCC.[Mg+2].[c-]1ccc2ccccc2c1. The molecule has 1 heteroatoms. The molecule has 0 aliphatic rings. The van der Waals surface area contributed by atoms with E-state index in [2.05, 4.69) is 38.1 Å². The van der Waals surface area contributed by atoms with Gasteiger partial charge in [0.25, 0.3) is 0 Å². The fraction of sp³-hybridized carbons (Fsp3) is 0.312. The normalized spacial score (nSPS) is 9.06. The molecule has 0 aliphatic carbocycles. The zero-order chi connectivity index (χ0) is 11.6. The van der Waals surface area contributed by atoms with Gasteiger partial charge in [-0.2, -0.15) is 30.7 Å². The van der Waals surface area contributed by atoms with Gasteiger partial charge in [-0.3, -0.25) is 0 Å². The van der Waals surface area contributed by atoms with Crippen LogP contribution in [0.3, 0.4) is 0 Å². The Bertz CT molecular complexity index is 326. The smallest absolute Gasteiger partial charge is 0.343 e. The maximum Gasteiger partial charge on any atom is 2.00 e. The van der Waals surface area contributed by atoms with Gasteiger partial charge >= 0.3 is 23.1 Å². The topological polar surface area (TPSA) is 0 Å². The van der Waals surface area contributed by atoms with Gasteiger partial charge in [0, 0.05) is 0 Å². The first kappa shape index (κ1) is 16.5. The van der Waals surface area contributed by atoms with E-state index in [-0.39, 0.29) is 23.1 Å². The van der Waals surface area contributed by atoms with Crippen LogP contribution in [0.2, 0.25) is 0 Å². The molecule has 86 valence electrons. The predicted octanol–water partition coefficient (Wildman–Crippen LogP) is 4.66. The second kappa shape index (κ2) is 10.6. The molecule has 0 amide bonds. The number of fused-ring (bicyclic) bond motifs is 1. The largest absolute Gasteiger partial charge is 2.00 e. The summed E-state index contributed by atoms with van der Waals surface area (Å²) in [5.74, 6) is 0. The van der Waals surface area contributed by atoms with Crippen LogP contribution in [0.5, 0.6) is 0 Å². The standard InChI is InChI=1S/C10H7.C6H13.Mg/c1-2-6-10-8-4-3-7-9(10)5-1;1-3-5-6-4-2;/h1-3,5-8H;1,3-6H2,2H3;/q2*-1;+2. The molecule has 0 heterocycles. The monoisotopic (exact) mass is 236 g/mol. The Kier molecular flexibility index (Phi) is 10.3. The van der Waals surface area contributed by atoms with Crippen LogP contribution >= 0.6 is 0 Å². The van der Waals surface area contributed by atoms with E-state index >= 15 is 0 Å². The number of rotatable bonds is 3. The molecular weight excluding hydrogens is 216 g/mol. The molecule has 2 aromatic carbocycles. The first-order chi connectivity index (χ1) is 7.88. The minimum absolute atomic E-state index is 0. The molecule has 0 unspecified atom stereocenters. The summed E-state index contributed by atoms with van der Waals surface area (Å²) in [6.07, 6.45) is 5.07. The molecule has 2 aromatic rings. The van der Waals surface area contributed by atoms with Crippen molar-refractivity contribution < 1.29 is 0 Å². The molecule has 0 spiro atoms. The molecular formula is C16H20Mg. The van der Waals surface area contributed by atoms with Crippen molar-refractivity contribution in [2.75, 3.05) is 0 Å². The average Bonchev–Trinajstić information content (AvgIpc) is 2.37. The summed E-state index contributed by atoms with van der Waals surface area (Å²) in [5, 5.41) is 2.53. The molecule has 0 fully saturated rings. The van der Waals surface area contributed by atoms with Gasteiger partial charge in [0.05, 0.1) is 0 Å². The van der Waals surface area contributed by atoms with Gasteiger partial charge in [-0.25, -0.2) is 0 Å². The molecule has 0 nitrogen and oxygen atoms in total. The van der Waals surface area contributed by atoms with E-state index in [0.717, 1.165) is 6.42 Å². The van der Waals surface area contributed by atoms with E-state index in [1.54, 1.807) is 0 Å². The summed E-state index contributed by atoms with van der Waals surface area (Å²) >= 11 is 0. The number of hydrogen-bond acceptors (Lipinski definition) is 0. The first-order valence-corrected chi connectivity index (χ1v) is 6.02. The molecule has 0 radical (unpaired) electrons. The Balaban J connectivity index is 0.000000324. The Morgan fingerprint density at radius 1 is 1.06 bits per heavy atom. The summed E-state index contributed by atoms with van der Waals surface area (Å²) in [5.41, 5.74) is 0. The second-order valence-electron chi connectivity index (χ2n) is 3.83. The van der Waals surface area contributed by atoms with E-state index in [9.17, 15) is 0 Å². The number of unbranched alkanes of at least 4 members (excludes halogenated alkanes) is 3. The van der Waals surface area contributed by atoms with E-state index in [4.69, 9.17) is 0 Å². The minimum atomic E-state index is 0. The molecule has 0 saturated carbocycles. The third-order valence-corrected chi connectivity index (χ3v) is 2.45. The van der Waals surface area contributed by atoms with Crippen molar-refractivity contribution in [2.24, 2.45) is 0 Å². The maximum atomic E-state index is 3.72. The van der Waals surface area contributed by atoms with E-state index in [1.165, 1.54) is 30.0 Å². The van der Waals surface area contributed by atoms with Crippen molar-refractivity contribution in [2.45, 2.75) is 32.6 Å².